The van der Waals surface area contributed by atoms with Crippen molar-refractivity contribution in [1.82, 2.24) is 4.90 Å². The van der Waals surface area contributed by atoms with Crippen LogP contribution in [0.3, 0.4) is 0 Å². The minimum atomic E-state index is 0.386. The van der Waals surface area contributed by atoms with Gasteiger partial charge in [0.1, 0.15) is 0 Å². The smallest absolute Gasteiger partial charge is 0.0406 e. The van der Waals surface area contributed by atoms with Gasteiger partial charge in [-0.05, 0) is 37.5 Å². The summed E-state index contributed by atoms with van der Waals surface area (Å²) in [5.41, 5.74) is 7.28. The van der Waals surface area contributed by atoms with E-state index in [1.54, 1.807) is 0 Å². The molecule has 16 heavy (non-hydrogen) atoms. The molecule has 0 amide bonds. The summed E-state index contributed by atoms with van der Waals surface area (Å²) >= 11 is 5.87. The van der Waals surface area contributed by atoms with E-state index in [2.05, 4.69) is 24.0 Å². The van der Waals surface area contributed by atoms with E-state index in [1.165, 1.54) is 5.56 Å². The van der Waals surface area contributed by atoms with Crippen LogP contribution < -0.4 is 5.73 Å². The lowest BCUT2D eigenvalue weighted by Gasteiger charge is -2.36. The number of hydrogen-bond acceptors (Lipinski definition) is 2. The van der Waals surface area contributed by atoms with Crippen molar-refractivity contribution in [2.24, 2.45) is 5.73 Å². The molecule has 0 aliphatic carbocycles. The summed E-state index contributed by atoms with van der Waals surface area (Å²) < 4.78 is 0. The molecule has 1 aliphatic heterocycles. The maximum absolute atomic E-state index is 5.96. The van der Waals surface area contributed by atoms with E-state index in [0.717, 1.165) is 31.0 Å². The van der Waals surface area contributed by atoms with Crippen LogP contribution in [0.4, 0.5) is 0 Å². The summed E-state index contributed by atoms with van der Waals surface area (Å²) in [5.74, 6) is 0. The van der Waals surface area contributed by atoms with Gasteiger partial charge in [0.05, 0.1) is 0 Å². The van der Waals surface area contributed by atoms with Crippen LogP contribution in [-0.4, -0.2) is 23.5 Å². The Kier molecular flexibility index (Phi) is 3.85. The molecule has 2 unspecified atom stereocenters. The lowest BCUT2D eigenvalue weighted by molar-refractivity contribution is 0.140. The van der Waals surface area contributed by atoms with E-state index in [1.807, 2.05) is 12.1 Å². The van der Waals surface area contributed by atoms with Crippen molar-refractivity contribution < 1.29 is 0 Å². The average Bonchev–Trinajstić information content (AvgIpc) is 2.25. The number of likely N-dealkylation sites (tertiary alicyclic amines) is 1. The van der Waals surface area contributed by atoms with E-state index in [9.17, 15) is 0 Å². The number of nitrogens with two attached hydrogens (primary N) is 1. The number of hydrogen-bond donors (Lipinski definition) is 1. The predicted octanol–water partition coefficient (Wildman–Crippen LogP) is 2.65. The molecule has 1 aromatic carbocycles. The zero-order valence-corrected chi connectivity index (χ0v) is 10.5. The summed E-state index contributed by atoms with van der Waals surface area (Å²) in [6, 6.07) is 9.08. The Bertz CT molecular complexity index is 336. The molecule has 1 heterocycles. The van der Waals surface area contributed by atoms with E-state index in [4.69, 9.17) is 17.3 Å². The van der Waals surface area contributed by atoms with Crippen LogP contribution >= 0.6 is 11.6 Å². The Balaban J connectivity index is 1.96. The fourth-order valence-electron chi connectivity index (χ4n) is 2.32. The normalized spacial score (nSPS) is 26.9. The topological polar surface area (TPSA) is 29.3 Å². The highest BCUT2D eigenvalue weighted by Gasteiger charge is 2.22. The Morgan fingerprint density at radius 3 is 2.69 bits per heavy atom. The van der Waals surface area contributed by atoms with Crippen molar-refractivity contribution in [3.05, 3.63) is 34.9 Å². The average molecular weight is 239 g/mol. The molecule has 0 aromatic heterocycles. The van der Waals surface area contributed by atoms with Crippen molar-refractivity contribution in [3.63, 3.8) is 0 Å². The number of piperidine rings is 1. The van der Waals surface area contributed by atoms with Gasteiger partial charge < -0.3 is 5.73 Å². The molecular formula is C13H19ClN2. The molecular weight excluding hydrogens is 220 g/mol. The van der Waals surface area contributed by atoms with E-state index < -0.39 is 0 Å². The van der Waals surface area contributed by atoms with Crippen molar-refractivity contribution in [3.8, 4) is 0 Å². The number of nitrogens with zero attached hydrogens (tertiary/aromatic N) is 1. The van der Waals surface area contributed by atoms with Gasteiger partial charge in [-0.25, -0.2) is 0 Å². The summed E-state index contributed by atoms with van der Waals surface area (Å²) in [6.45, 7) is 4.37. The van der Waals surface area contributed by atoms with Crippen LogP contribution in [0.25, 0.3) is 0 Å². The predicted molar refractivity (Wildman–Crippen MR) is 68.5 cm³/mol. The van der Waals surface area contributed by atoms with Gasteiger partial charge in [-0.2, -0.15) is 0 Å². The Labute approximate surface area is 102 Å². The molecule has 88 valence electrons. The SMILES string of the molecule is CC1CC(N)CCN1Cc1ccc(Cl)cc1. The van der Waals surface area contributed by atoms with Gasteiger partial charge in [-0.1, -0.05) is 23.7 Å². The first-order valence-corrected chi connectivity index (χ1v) is 6.27. The van der Waals surface area contributed by atoms with Crippen molar-refractivity contribution in [2.45, 2.75) is 38.4 Å². The third-order valence-corrected chi connectivity index (χ3v) is 3.61. The Hall–Kier alpha value is -0.570. The molecule has 1 fully saturated rings. The zero-order chi connectivity index (χ0) is 11.5. The first kappa shape index (κ1) is 11.9. The molecule has 2 rings (SSSR count). The molecule has 0 spiro atoms. The van der Waals surface area contributed by atoms with Crippen molar-refractivity contribution >= 4 is 11.6 Å². The van der Waals surface area contributed by atoms with Gasteiger partial charge >= 0.3 is 0 Å². The number of halogens is 1. The third-order valence-electron chi connectivity index (χ3n) is 3.35. The number of benzene rings is 1. The molecule has 1 saturated heterocycles. The fourth-order valence-corrected chi connectivity index (χ4v) is 2.44. The highest BCUT2D eigenvalue weighted by atomic mass is 35.5. The Morgan fingerprint density at radius 1 is 1.38 bits per heavy atom. The minimum absolute atomic E-state index is 0.386. The van der Waals surface area contributed by atoms with Gasteiger partial charge in [0.15, 0.2) is 0 Å². The van der Waals surface area contributed by atoms with Crippen LogP contribution in [0.2, 0.25) is 5.02 Å². The second kappa shape index (κ2) is 5.17. The summed E-state index contributed by atoms with van der Waals surface area (Å²) in [7, 11) is 0. The van der Waals surface area contributed by atoms with Crippen LogP contribution in [0, 0.1) is 0 Å². The van der Waals surface area contributed by atoms with Gasteiger partial charge in [0.25, 0.3) is 0 Å². The summed E-state index contributed by atoms with van der Waals surface area (Å²) in [5, 5.41) is 0.803. The fraction of sp³-hybridized carbons (Fsp3) is 0.538. The molecule has 2 N–H and O–H groups in total. The second-order valence-electron chi connectivity index (χ2n) is 4.73. The molecule has 1 aliphatic rings. The molecule has 3 heteroatoms. The molecule has 2 atom stereocenters. The van der Waals surface area contributed by atoms with E-state index in [0.29, 0.717) is 12.1 Å². The highest BCUT2D eigenvalue weighted by molar-refractivity contribution is 6.30. The monoisotopic (exact) mass is 238 g/mol. The first-order valence-electron chi connectivity index (χ1n) is 5.89. The van der Waals surface area contributed by atoms with Gasteiger partial charge in [-0.3, -0.25) is 4.90 Å². The largest absolute Gasteiger partial charge is 0.328 e. The molecule has 0 bridgehead atoms. The molecule has 2 nitrogen and oxygen atoms in total. The van der Waals surface area contributed by atoms with Crippen LogP contribution in [0.5, 0.6) is 0 Å². The third kappa shape index (κ3) is 2.97. The van der Waals surface area contributed by atoms with Gasteiger partial charge in [0.2, 0.25) is 0 Å². The summed E-state index contributed by atoms with van der Waals surface area (Å²) in [6.07, 6.45) is 2.21. The maximum Gasteiger partial charge on any atom is 0.0406 e. The molecule has 0 saturated carbocycles. The molecule has 1 aromatic rings. The van der Waals surface area contributed by atoms with Gasteiger partial charge in [0, 0.05) is 30.2 Å². The van der Waals surface area contributed by atoms with Crippen molar-refractivity contribution in [2.75, 3.05) is 6.54 Å². The lowest BCUT2D eigenvalue weighted by atomic mass is 9.98. The standard InChI is InChI=1S/C13H19ClN2/c1-10-8-13(15)6-7-16(10)9-11-2-4-12(14)5-3-11/h2-5,10,13H,6-9,15H2,1H3. The van der Waals surface area contributed by atoms with Crippen molar-refractivity contribution in [1.29, 1.82) is 0 Å². The second-order valence-corrected chi connectivity index (χ2v) is 5.17. The molecule has 0 radical (unpaired) electrons. The Morgan fingerprint density at radius 2 is 2.06 bits per heavy atom. The summed E-state index contributed by atoms with van der Waals surface area (Å²) in [4.78, 5) is 2.49. The maximum atomic E-state index is 5.96. The van der Waals surface area contributed by atoms with Crippen LogP contribution in [-0.2, 0) is 6.54 Å². The van der Waals surface area contributed by atoms with E-state index in [-0.39, 0.29) is 0 Å². The van der Waals surface area contributed by atoms with Gasteiger partial charge in [-0.15, -0.1) is 0 Å². The zero-order valence-electron chi connectivity index (χ0n) is 9.70. The lowest BCUT2D eigenvalue weighted by Crippen LogP contribution is -2.44. The van der Waals surface area contributed by atoms with Crippen LogP contribution in [0.1, 0.15) is 25.3 Å². The first-order chi connectivity index (χ1) is 7.65. The highest BCUT2D eigenvalue weighted by Crippen LogP contribution is 2.19. The quantitative estimate of drug-likeness (QED) is 0.859. The minimum Gasteiger partial charge on any atom is -0.328 e. The van der Waals surface area contributed by atoms with Crippen LogP contribution in [0.15, 0.2) is 24.3 Å². The number of rotatable bonds is 2. The van der Waals surface area contributed by atoms with E-state index >= 15 is 0 Å².